The van der Waals surface area contributed by atoms with Crippen molar-refractivity contribution in [2.24, 2.45) is 7.05 Å². The fraction of sp³-hybridized carbons (Fsp3) is 0.400. The topological polar surface area (TPSA) is 33.1 Å². The zero-order valence-electron chi connectivity index (χ0n) is 12.4. The Bertz CT molecular complexity index is 577. The minimum atomic E-state index is 0.196. The fourth-order valence-electron chi connectivity index (χ4n) is 2.21. The van der Waals surface area contributed by atoms with Crippen LogP contribution in [0, 0.1) is 0 Å². The molecule has 1 N–H and O–H groups in total. The Morgan fingerprint density at radius 3 is 2.65 bits per heavy atom. The van der Waals surface area contributed by atoms with Crippen molar-refractivity contribution in [3.63, 3.8) is 0 Å². The largest absolute Gasteiger partial charge is 0.348 e. The van der Waals surface area contributed by atoms with Gasteiger partial charge in [-0.25, -0.2) is 4.98 Å². The van der Waals surface area contributed by atoms with Gasteiger partial charge in [-0.15, -0.1) is 0 Å². The van der Waals surface area contributed by atoms with Crippen LogP contribution in [-0.4, -0.2) is 23.6 Å². The molecule has 5 heteroatoms. The van der Waals surface area contributed by atoms with Crippen LogP contribution in [0.15, 0.2) is 30.5 Å². The van der Waals surface area contributed by atoms with Crippen molar-refractivity contribution in [2.75, 3.05) is 19.0 Å². The second-order valence-electron chi connectivity index (χ2n) is 5.13. The molecule has 108 valence electrons. The smallest absolute Gasteiger partial charge is 0.204 e. The van der Waals surface area contributed by atoms with Crippen LogP contribution < -0.4 is 10.2 Å². The van der Waals surface area contributed by atoms with Crippen molar-refractivity contribution in [1.29, 1.82) is 0 Å². The van der Waals surface area contributed by atoms with Gasteiger partial charge in [-0.05, 0) is 18.6 Å². The molecule has 1 heterocycles. The van der Waals surface area contributed by atoms with E-state index < -0.39 is 0 Å². The summed E-state index contributed by atoms with van der Waals surface area (Å²) in [6.07, 6.45) is 1.90. The van der Waals surface area contributed by atoms with Gasteiger partial charge in [-0.3, -0.25) is 0 Å². The van der Waals surface area contributed by atoms with Crippen LogP contribution in [0.2, 0.25) is 5.02 Å². The first-order valence-electron chi connectivity index (χ1n) is 6.66. The Morgan fingerprint density at radius 1 is 1.35 bits per heavy atom. The summed E-state index contributed by atoms with van der Waals surface area (Å²) in [7, 11) is 6.01. The Balaban J connectivity index is 2.04. The van der Waals surface area contributed by atoms with Crippen LogP contribution in [0.3, 0.4) is 0 Å². The third kappa shape index (κ3) is 3.14. The third-order valence-corrected chi connectivity index (χ3v) is 3.77. The molecule has 1 unspecified atom stereocenters. The number of nitrogens with zero attached hydrogens (tertiary/aromatic N) is 3. The van der Waals surface area contributed by atoms with E-state index in [1.807, 2.05) is 50.4 Å². The van der Waals surface area contributed by atoms with Gasteiger partial charge in [-0.2, -0.15) is 0 Å². The van der Waals surface area contributed by atoms with E-state index in [2.05, 4.69) is 27.9 Å². The molecule has 0 aliphatic rings. The van der Waals surface area contributed by atoms with Gasteiger partial charge in [0.15, 0.2) is 0 Å². The molecular formula is C15H21ClN4. The molecule has 0 spiro atoms. The summed E-state index contributed by atoms with van der Waals surface area (Å²) in [6, 6.07) is 8.12. The number of imidazole rings is 1. The van der Waals surface area contributed by atoms with Gasteiger partial charge in [0.1, 0.15) is 0 Å². The molecule has 20 heavy (non-hydrogen) atoms. The first-order valence-corrected chi connectivity index (χ1v) is 7.04. The highest BCUT2D eigenvalue weighted by Gasteiger charge is 2.11. The molecule has 0 bridgehead atoms. The predicted octanol–water partition coefficient (Wildman–Crippen LogP) is 2.99. The summed E-state index contributed by atoms with van der Waals surface area (Å²) in [5, 5.41) is 4.28. The maximum absolute atomic E-state index is 6.21. The Kier molecular flexibility index (Phi) is 4.68. The zero-order chi connectivity index (χ0) is 14.7. The van der Waals surface area contributed by atoms with E-state index in [0.29, 0.717) is 0 Å². The molecule has 1 atom stereocenters. The third-order valence-electron chi connectivity index (χ3n) is 3.42. The molecule has 2 rings (SSSR count). The molecule has 0 fully saturated rings. The molecule has 0 aliphatic carbocycles. The van der Waals surface area contributed by atoms with Crippen LogP contribution in [0.1, 0.15) is 24.2 Å². The highest BCUT2D eigenvalue weighted by Crippen LogP contribution is 2.22. The maximum Gasteiger partial charge on any atom is 0.204 e. The van der Waals surface area contributed by atoms with E-state index in [4.69, 9.17) is 11.6 Å². The first kappa shape index (κ1) is 14.9. The summed E-state index contributed by atoms with van der Waals surface area (Å²) in [5.74, 6) is 0.951. The summed E-state index contributed by atoms with van der Waals surface area (Å²) < 4.78 is 2.09. The second kappa shape index (κ2) is 6.29. The Labute approximate surface area is 125 Å². The quantitative estimate of drug-likeness (QED) is 0.920. The number of benzene rings is 1. The summed E-state index contributed by atoms with van der Waals surface area (Å²) in [5.41, 5.74) is 2.26. The Morgan fingerprint density at radius 2 is 2.05 bits per heavy atom. The van der Waals surface area contributed by atoms with Gasteiger partial charge < -0.3 is 14.8 Å². The van der Waals surface area contributed by atoms with Gasteiger partial charge in [0.2, 0.25) is 5.95 Å². The van der Waals surface area contributed by atoms with E-state index in [0.717, 1.165) is 28.8 Å². The normalized spacial score (nSPS) is 12.4. The molecule has 2 aromatic rings. The summed E-state index contributed by atoms with van der Waals surface area (Å²) in [4.78, 5) is 6.41. The monoisotopic (exact) mass is 292 g/mol. The fourth-order valence-corrected chi connectivity index (χ4v) is 2.51. The van der Waals surface area contributed by atoms with Gasteiger partial charge in [0, 0.05) is 38.8 Å². The molecule has 4 nitrogen and oxygen atoms in total. The van der Waals surface area contributed by atoms with Gasteiger partial charge in [-0.1, -0.05) is 29.8 Å². The number of rotatable bonds is 5. The van der Waals surface area contributed by atoms with Crippen molar-refractivity contribution in [3.05, 3.63) is 46.7 Å². The summed E-state index contributed by atoms with van der Waals surface area (Å²) >= 11 is 6.21. The van der Waals surface area contributed by atoms with Crippen LogP contribution in [0.5, 0.6) is 0 Å². The summed E-state index contributed by atoms with van der Waals surface area (Å²) in [6.45, 7) is 2.87. The van der Waals surface area contributed by atoms with Gasteiger partial charge in [0.25, 0.3) is 0 Å². The first-order chi connectivity index (χ1) is 9.50. The lowest BCUT2D eigenvalue weighted by molar-refractivity contribution is 0.558. The van der Waals surface area contributed by atoms with Crippen LogP contribution in [0.25, 0.3) is 0 Å². The highest BCUT2D eigenvalue weighted by atomic mass is 35.5. The lowest BCUT2D eigenvalue weighted by Crippen LogP contribution is -2.21. The molecule has 0 saturated heterocycles. The number of hydrogen-bond acceptors (Lipinski definition) is 3. The molecule has 0 amide bonds. The van der Waals surface area contributed by atoms with Crippen molar-refractivity contribution in [2.45, 2.75) is 19.5 Å². The highest BCUT2D eigenvalue weighted by molar-refractivity contribution is 6.31. The second-order valence-corrected chi connectivity index (χ2v) is 5.53. The lowest BCUT2D eigenvalue weighted by atomic mass is 10.1. The molecule has 0 radical (unpaired) electrons. The number of nitrogens with one attached hydrogen (secondary N) is 1. The average molecular weight is 293 g/mol. The SMILES string of the molecule is CC(NCc1cnc(N(C)C)n1C)c1ccccc1Cl. The predicted molar refractivity (Wildman–Crippen MR) is 84.2 cm³/mol. The Hall–Kier alpha value is -1.52. The molecule has 0 aliphatic heterocycles. The van der Waals surface area contributed by atoms with E-state index in [9.17, 15) is 0 Å². The minimum absolute atomic E-state index is 0.196. The zero-order valence-corrected chi connectivity index (χ0v) is 13.1. The van der Waals surface area contributed by atoms with Crippen molar-refractivity contribution in [3.8, 4) is 0 Å². The molecule has 1 aromatic heterocycles. The number of aromatic nitrogens is 2. The van der Waals surface area contributed by atoms with E-state index in [1.54, 1.807) is 0 Å². The number of halogens is 1. The van der Waals surface area contributed by atoms with Crippen LogP contribution in [-0.2, 0) is 13.6 Å². The van der Waals surface area contributed by atoms with Gasteiger partial charge >= 0.3 is 0 Å². The maximum atomic E-state index is 6.21. The van der Waals surface area contributed by atoms with Crippen molar-refractivity contribution < 1.29 is 0 Å². The molecule has 1 aromatic carbocycles. The standard InChI is InChI=1S/C15H21ClN4/c1-11(13-7-5-6-8-14(13)16)17-9-12-10-18-15(19(2)3)20(12)4/h5-8,10-11,17H,9H2,1-4H3. The number of anilines is 1. The van der Waals surface area contributed by atoms with E-state index in [1.165, 1.54) is 0 Å². The molecule has 0 saturated carbocycles. The molecular weight excluding hydrogens is 272 g/mol. The lowest BCUT2D eigenvalue weighted by Gasteiger charge is -2.17. The van der Waals surface area contributed by atoms with E-state index >= 15 is 0 Å². The van der Waals surface area contributed by atoms with Gasteiger partial charge in [0.05, 0.1) is 11.9 Å². The number of hydrogen-bond donors (Lipinski definition) is 1. The van der Waals surface area contributed by atoms with Crippen LogP contribution >= 0.6 is 11.6 Å². The van der Waals surface area contributed by atoms with Crippen molar-refractivity contribution >= 4 is 17.5 Å². The minimum Gasteiger partial charge on any atom is -0.348 e. The average Bonchev–Trinajstić information content (AvgIpc) is 2.78. The van der Waals surface area contributed by atoms with Crippen molar-refractivity contribution in [1.82, 2.24) is 14.9 Å². The van der Waals surface area contributed by atoms with E-state index in [-0.39, 0.29) is 6.04 Å². The van der Waals surface area contributed by atoms with Crippen LogP contribution in [0.4, 0.5) is 5.95 Å².